The molecule has 184 valence electrons. The van der Waals surface area contributed by atoms with Crippen LogP contribution >= 0.6 is 23.4 Å². The Morgan fingerprint density at radius 3 is 2.46 bits per heavy atom. The van der Waals surface area contributed by atoms with Gasteiger partial charge in [0, 0.05) is 5.69 Å². The summed E-state index contributed by atoms with van der Waals surface area (Å²) in [5, 5.41) is 2.14. The molecule has 1 heterocycles. The highest BCUT2D eigenvalue weighted by Crippen LogP contribution is 2.34. The fourth-order valence-corrected chi connectivity index (χ4v) is 4.19. The highest BCUT2D eigenvalue weighted by Gasteiger charge is 2.36. The van der Waals surface area contributed by atoms with Gasteiger partial charge in [0.2, 0.25) is 5.91 Å². The third kappa shape index (κ3) is 6.34. The lowest BCUT2D eigenvalue weighted by Gasteiger charge is -2.13. The van der Waals surface area contributed by atoms with E-state index in [9.17, 15) is 19.2 Å². The van der Waals surface area contributed by atoms with Crippen molar-refractivity contribution in [3.05, 3.63) is 57.5 Å². The summed E-state index contributed by atoms with van der Waals surface area (Å²) in [6.07, 6.45) is 1.56. The molecule has 1 aliphatic heterocycles. The van der Waals surface area contributed by atoms with E-state index in [-0.39, 0.29) is 21.2 Å². The Morgan fingerprint density at radius 2 is 1.77 bits per heavy atom. The highest BCUT2D eigenvalue weighted by molar-refractivity contribution is 8.18. The van der Waals surface area contributed by atoms with Gasteiger partial charge in [0.1, 0.15) is 6.54 Å². The van der Waals surface area contributed by atoms with Crippen molar-refractivity contribution in [2.75, 3.05) is 32.2 Å². The van der Waals surface area contributed by atoms with Gasteiger partial charge in [-0.2, -0.15) is 0 Å². The first kappa shape index (κ1) is 26.1. The number of imide groups is 1. The van der Waals surface area contributed by atoms with Gasteiger partial charge >= 0.3 is 5.97 Å². The second kappa shape index (κ2) is 11.8. The first-order valence-electron chi connectivity index (χ1n) is 10.6. The van der Waals surface area contributed by atoms with Gasteiger partial charge in [0.05, 0.1) is 35.8 Å². The predicted octanol–water partition coefficient (Wildman–Crippen LogP) is 4.60. The predicted molar refractivity (Wildman–Crippen MR) is 133 cm³/mol. The van der Waals surface area contributed by atoms with Crippen molar-refractivity contribution >= 4 is 58.1 Å². The van der Waals surface area contributed by atoms with Crippen LogP contribution in [0.2, 0.25) is 5.02 Å². The third-order valence-electron chi connectivity index (χ3n) is 4.70. The van der Waals surface area contributed by atoms with E-state index in [4.69, 9.17) is 21.1 Å². The molecule has 0 radical (unpaired) electrons. The zero-order valence-corrected chi connectivity index (χ0v) is 20.8. The minimum Gasteiger partial charge on any atom is -0.490 e. The largest absolute Gasteiger partial charge is 0.490 e. The van der Waals surface area contributed by atoms with Crippen molar-refractivity contribution in [1.29, 1.82) is 0 Å². The van der Waals surface area contributed by atoms with Crippen molar-refractivity contribution in [1.82, 2.24) is 4.90 Å². The van der Waals surface area contributed by atoms with E-state index < -0.39 is 29.6 Å². The number of hydrogen-bond acceptors (Lipinski definition) is 8. The van der Waals surface area contributed by atoms with Crippen LogP contribution in [0.15, 0.2) is 41.3 Å². The summed E-state index contributed by atoms with van der Waals surface area (Å²) >= 11 is 6.72. The maximum absolute atomic E-state index is 12.8. The molecule has 0 spiro atoms. The van der Waals surface area contributed by atoms with Crippen LogP contribution in [-0.2, 0) is 14.3 Å². The average Bonchev–Trinajstić information content (AvgIpc) is 3.09. The van der Waals surface area contributed by atoms with Crippen LogP contribution in [0.5, 0.6) is 11.5 Å². The molecule has 2 aromatic rings. The smallest absolute Gasteiger partial charge is 0.339 e. The Bertz CT molecular complexity index is 1200. The molecular formula is C24H23ClN2O7S. The summed E-state index contributed by atoms with van der Waals surface area (Å²) in [7, 11) is 1.21. The van der Waals surface area contributed by atoms with Gasteiger partial charge in [-0.1, -0.05) is 17.7 Å². The monoisotopic (exact) mass is 518 g/mol. The molecule has 35 heavy (non-hydrogen) atoms. The van der Waals surface area contributed by atoms with Crippen LogP contribution in [0.4, 0.5) is 10.5 Å². The molecule has 0 aromatic heterocycles. The van der Waals surface area contributed by atoms with Crippen molar-refractivity contribution in [2.45, 2.75) is 13.8 Å². The number of carbonyl (C=O) groups is 4. The van der Waals surface area contributed by atoms with Crippen LogP contribution < -0.4 is 14.8 Å². The van der Waals surface area contributed by atoms with Gasteiger partial charge in [-0.15, -0.1) is 0 Å². The second-order valence-electron chi connectivity index (χ2n) is 7.07. The number of esters is 1. The van der Waals surface area contributed by atoms with Crippen molar-refractivity contribution in [3.8, 4) is 11.5 Å². The van der Waals surface area contributed by atoms with E-state index in [1.54, 1.807) is 24.3 Å². The number of anilines is 1. The van der Waals surface area contributed by atoms with Crippen molar-refractivity contribution in [2.24, 2.45) is 0 Å². The Balaban J connectivity index is 1.72. The minimum absolute atomic E-state index is 0.0721. The Hall–Kier alpha value is -3.50. The van der Waals surface area contributed by atoms with E-state index >= 15 is 0 Å². The first-order valence-corrected chi connectivity index (χ1v) is 11.8. The molecule has 0 unspecified atom stereocenters. The zero-order valence-electron chi connectivity index (χ0n) is 19.3. The van der Waals surface area contributed by atoms with E-state index in [0.29, 0.717) is 30.3 Å². The van der Waals surface area contributed by atoms with Crippen molar-refractivity contribution < 1.29 is 33.4 Å². The molecule has 0 saturated carbocycles. The molecular weight excluding hydrogens is 496 g/mol. The molecule has 1 saturated heterocycles. The molecule has 0 bridgehead atoms. The van der Waals surface area contributed by atoms with Gasteiger partial charge in [0.15, 0.2) is 11.5 Å². The normalized spacial score (nSPS) is 14.3. The van der Waals surface area contributed by atoms with Crippen molar-refractivity contribution in [3.63, 3.8) is 0 Å². The van der Waals surface area contributed by atoms with Gasteiger partial charge in [-0.25, -0.2) is 4.79 Å². The number of carbonyl (C=O) groups excluding carboxylic acids is 4. The maximum Gasteiger partial charge on any atom is 0.339 e. The molecule has 1 fully saturated rings. The lowest BCUT2D eigenvalue weighted by atomic mass is 10.2. The highest BCUT2D eigenvalue weighted by atomic mass is 35.5. The van der Waals surface area contributed by atoms with Gasteiger partial charge < -0.3 is 19.5 Å². The molecule has 9 nitrogen and oxygen atoms in total. The van der Waals surface area contributed by atoms with Crippen LogP contribution in [-0.4, -0.2) is 54.8 Å². The fourth-order valence-electron chi connectivity index (χ4n) is 3.16. The summed E-state index contributed by atoms with van der Waals surface area (Å²) in [6.45, 7) is 4.12. The third-order valence-corrected chi connectivity index (χ3v) is 5.93. The standard InChI is InChI=1S/C24H23ClN2O7S/c1-4-33-18-9-6-14(10-19(18)34-5-2)11-20-22(29)27(24(31)35-20)13-21(28)26-15-7-8-17(25)16(12-15)23(30)32-3/h6-12H,4-5,13H2,1-3H3,(H,26,28)/b20-11+. The number of ether oxygens (including phenoxy) is 3. The Kier molecular flexibility index (Phi) is 8.78. The number of thioether (sulfide) groups is 1. The number of amides is 3. The van der Waals surface area contributed by atoms with E-state index in [2.05, 4.69) is 10.1 Å². The van der Waals surface area contributed by atoms with Gasteiger partial charge in [-0.05, 0) is 67.6 Å². The quantitative estimate of drug-likeness (QED) is 0.379. The average molecular weight is 519 g/mol. The summed E-state index contributed by atoms with van der Waals surface area (Å²) in [5.74, 6) is -0.770. The summed E-state index contributed by atoms with van der Waals surface area (Å²) in [5.41, 5.74) is 0.978. The molecule has 0 aliphatic carbocycles. The molecule has 3 amide bonds. The Labute approximate surface area is 211 Å². The lowest BCUT2D eigenvalue weighted by Crippen LogP contribution is -2.36. The molecule has 1 N–H and O–H groups in total. The summed E-state index contributed by atoms with van der Waals surface area (Å²) < 4.78 is 15.8. The SMILES string of the molecule is CCOc1ccc(/C=C2/SC(=O)N(CC(=O)Nc3ccc(Cl)c(C(=O)OC)c3)C2=O)cc1OCC. The zero-order chi connectivity index (χ0) is 25.5. The molecule has 11 heteroatoms. The van der Waals surface area contributed by atoms with Crippen LogP contribution in [0.3, 0.4) is 0 Å². The second-order valence-corrected chi connectivity index (χ2v) is 8.47. The van der Waals surface area contributed by atoms with E-state index in [1.807, 2.05) is 13.8 Å². The molecule has 0 atom stereocenters. The van der Waals surface area contributed by atoms with E-state index in [0.717, 1.165) is 16.7 Å². The van der Waals surface area contributed by atoms with Crippen LogP contribution in [0, 0.1) is 0 Å². The van der Waals surface area contributed by atoms with Crippen LogP contribution in [0.25, 0.3) is 6.08 Å². The number of benzene rings is 2. The minimum atomic E-state index is -0.663. The van der Waals surface area contributed by atoms with Gasteiger partial charge in [0.25, 0.3) is 11.1 Å². The molecule has 2 aromatic carbocycles. The number of halogens is 1. The molecule has 3 rings (SSSR count). The summed E-state index contributed by atoms with van der Waals surface area (Å²) in [6, 6.07) is 9.46. The lowest BCUT2D eigenvalue weighted by molar-refractivity contribution is -0.127. The van der Waals surface area contributed by atoms with E-state index in [1.165, 1.54) is 25.3 Å². The Morgan fingerprint density at radius 1 is 1.06 bits per heavy atom. The fraction of sp³-hybridized carbons (Fsp3) is 0.250. The number of rotatable bonds is 9. The number of methoxy groups -OCH3 is 1. The topological polar surface area (TPSA) is 111 Å². The van der Waals surface area contributed by atoms with Crippen LogP contribution in [0.1, 0.15) is 29.8 Å². The number of nitrogens with one attached hydrogen (secondary N) is 1. The van der Waals surface area contributed by atoms with Gasteiger partial charge in [-0.3, -0.25) is 19.3 Å². The first-order chi connectivity index (χ1) is 16.8. The maximum atomic E-state index is 12.8. The molecule has 1 aliphatic rings. The summed E-state index contributed by atoms with van der Waals surface area (Å²) in [4.78, 5) is 50.6. The number of hydrogen-bond donors (Lipinski definition) is 1. The number of nitrogens with zero attached hydrogens (tertiary/aromatic N) is 1.